The van der Waals surface area contributed by atoms with Gasteiger partial charge in [-0.05, 0) is 47.7 Å². The lowest BCUT2D eigenvalue weighted by Crippen LogP contribution is -2.39. The summed E-state index contributed by atoms with van der Waals surface area (Å²) < 4.78 is 43.0. The molecule has 2 rings (SSSR count). The standard InChI is InChI=1S/C23H32FN3O3S.HI/c1-5-25-23(26-12-13-30-22-9-7-6-8-21(22)17(2)3)27-15-19-14-20(24)11-10-18(19)16-31(4,28)29;/h6-11,14,17H,5,12-13,15-16H2,1-4H3,(H2,25,26,27);1H. The van der Waals surface area contributed by atoms with E-state index in [2.05, 4.69) is 35.5 Å². The van der Waals surface area contributed by atoms with Gasteiger partial charge in [-0.2, -0.15) is 0 Å². The molecular weight excluding hydrogens is 544 g/mol. The van der Waals surface area contributed by atoms with Crippen LogP contribution in [0.1, 0.15) is 43.4 Å². The molecule has 0 saturated heterocycles. The normalized spacial score (nSPS) is 11.8. The Labute approximate surface area is 208 Å². The highest BCUT2D eigenvalue weighted by Crippen LogP contribution is 2.25. The van der Waals surface area contributed by atoms with E-state index in [1.165, 1.54) is 18.2 Å². The first kappa shape index (κ1) is 28.2. The van der Waals surface area contributed by atoms with Crippen molar-refractivity contribution in [2.24, 2.45) is 4.99 Å². The average molecular weight is 578 g/mol. The van der Waals surface area contributed by atoms with Gasteiger partial charge < -0.3 is 15.4 Å². The van der Waals surface area contributed by atoms with E-state index in [9.17, 15) is 12.8 Å². The fourth-order valence-corrected chi connectivity index (χ4v) is 3.94. The Balaban J connectivity index is 0.00000512. The highest BCUT2D eigenvalue weighted by atomic mass is 127. The zero-order valence-corrected chi connectivity index (χ0v) is 22.2. The van der Waals surface area contributed by atoms with Crippen molar-refractivity contribution in [3.63, 3.8) is 0 Å². The Kier molecular flexibility index (Phi) is 12.0. The molecule has 0 aliphatic heterocycles. The number of hydrogen-bond donors (Lipinski definition) is 2. The van der Waals surface area contributed by atoms with Gasteiger partial charge in [0.25, 0.3) is 0 Å². The van der Waals surface area contributed by atoms with Crippen LogP contribution >= 0.6 is 24.0 Å². The number of para-hydroxylation sites is 1. The summed E-state index contributed by atoms with van der Waals surface area (Å²) in [5.41, 5.74) is 2.26. The molecule has 9 heteroatoms. The summed E-state index contributed by atoms with van der Waals surface area (Å²) in [4.78, 5) is 4.48. The van der Waals surface area contributed by atoms with E-state index in [4.69, 9.17) is 4.74 Å². The first-order valence-corrected chi connectivity index (χ1v) is 12.4. The van der Waals surface area contributed by atoms with Gasteiger partial charge in [0, 0.05) is 12.8 Å². The van der Waals surface area contributed by atoms with E-state index in [1.807, 2.05) is 25.1 Å². The van der Waals surface area contributed by atoms with E-state index >= 15 is 0 Å². The van der Waals surface area contributed by atoms with Crippen LogP contribution in [0.2, 0.25) is 0 Å². The molecule has 0 heterocycles. The molecular formula is C23H33FIN3O3S. The number of aliphatic imine (C=N–C) groups is 1. The molecule has 2 aromatic rings. The summed E-state index contributed by atoms with van der Waals surface area (Å²) in [7, 11) is -3.23. The molecule has 0 radical (unpaired) electrons. The van der Waals surface area contributed by atoms with E-state index in [1.54, 1.807) is 0 Å². The van der Waals surface area contributed by atoms with Crippen LogP contribution in [0.25, 0.3) is 0 Å². The Morgan fingerprint density at radius 3 is 2.50 bits per heavy atom. The van der Waals surface area contributed by atoms with Crippen molar-refractivity contribution < 1.29 is 17.5 Å². The smallest absolute Gasteiger partial charge is 0.191 e. The van der Waals surface area contributed by atoms with Crippen molar-refractivity contribution in [3.8, 4) is 5.75 Å². The number of benzene rings is 2. The lowest BCUT2D eigenvalue weighted by Gasteiger charge is -2.15. The molecule has 0 aromatic heterocycles. The van der Waals surface area contributed by atoms with Crippen LogP contribution in [0.3, 0.4) is 0 Å². The molecule has 0 amide bonds. The fraction of sp³-hybridized carbons (Fsp3) is 0.435. The predicted molar refractivity (Wildman–Crippen MR) is 139 cm³/mol. The molecule has 0 unspecified atom stereocenters. The summed E-state index contributed by atoms with van der Waals surface area (Å²) in [5, 5.41) is 6.33. The second-order valence-electron chi connectivity index (χ2n) is 7.65. The second-order valence-corrected chi connectivity index (χ2v) is 9.79. The molecule has 0 bridgehead atoms. The van der Waals surface area contributed by atoms with Crippen molar-refractivity contribution in [1.29, 1.82) is 0 Å². The number of rotatable bonds is 10. The Bertz CT molecular complexity index is 998. The van der Waals surface area contributed by atoms with Crippen molar-refractivity contribution in [2.45, 2.75) is 39.0 Å². The number of hydrogen-bond acceptors (Lipinski definition) is 4. The molecule has 0 atom stereocenters. The Hall–Kier alpha value is -1.88. The van der Waals surface area contributed by atoms with Crippen LogP contribution in [0, 0.1) is 5.82 Å². The molecule has 0 fully saturated rings. The van der Waals surface area contributed by atoms with Crippen molar-refractivity contribution in [3.05, 3.63) is 65.0 Å². The second kappa shape index (κ2) is 13.6. The third kappa shape index (κ3) is 9.72. The number of nitrogens with one attached hydrogen (secondary N) is 2. The summed E-state index contributed by atoms with van der Waals surface area (Å²) in [6.45, 7) is 7.99. The van der Waals surface area contributed by atoms with Gasteiger partial charge >= 0.3 is 0 Å². The first-order chi connectivity index (χ1) is 14.7. The maximum absolute atomic E-state index is 13.7. The molecule has 0 aliphatic carbocycles. The van der Waals surface area contributed by atoms with Crippen LogP contribution in [0.5, 0.6) is 5.75 Å². The minimum Gasteiger partial charge on any atom is -0.491 e. The van der Waals surface area contributed by atoms with E-state index in [0.717, 1.165) is 17.6 Å². The van der Waals surface area contributed by atoms with Crippen LogP contribution < -0.4 is 15.4 Å². The maximum atomic E-state index is 13.7. The van der Waals surface area contributed by atoms with Crippen LogP contribution in [0.15, 0.2) is 47.5 Å². The third-order valence-corrected chi connectivity index (χ3v) is 5.37. The van der Waals surface area contributed by atoms with Crippen molar-refractivity contribution in [1.82, 2.24) is 10.6 Å². The average Bonchev–Trinajstić information content (AvgIpc) is 2.70. The fourth-order valence-electron chi connectivity index (χ4n) is 3.09. The topological polar surface area (TPSA) is 79.8 Å². The number of halogens is 2. The molecule has 2 aromatic carbocycles. The number of guanidine groups is 1. The van der Waals surface area contributed by atoms with Gasteiger partial charge in [-0.3, -0.25) is 0 Å². The maximum Gasteiger partial charge on any atom is 0.191 e. The lowest BCUT2D eigenvalue weighted by atomic mass is 10.0. The van der Waals surface area contributed by atoms with Crippen LogP contribution in [-0.4, -0.2) is 40.3 Å². The molecule has 0 spiro atoms. The molecule has 32 heavy (non-hydrogen) atoms. The summed E-state index contributed by atoms with van der Waals surface area (Å²) in [6.07, 6.45) is 1.16. The van der Waals surface area contributed by atoms with E-state index < -0.39 is 15.7 Å². The molecule has 2 N–H and O–H groups in total. The Morgan fingerprint density at radius 2 is 1.84 bits per heavy atom. The molecule has 0 saturated carbocycles. The quantitative estimate of drug-likeness (QED) is 0.191. The predicted octanol–water partition coefficient (Wildman–Crippen LogP) is 4.25. The summed E-state index contributed by atoms with van der Waals surface area (Å²) >= 11 is 0. The molecule has 6 nitrogen and oxygen atoms in total. The van der Waals surface area contributed by atoms with Crippen LogP contribution in [-0.2, 0) is 22.1 Å². The minimum absolute atomic E-state index is 0. The van der Waals surface area contributed by atoms with E-state index in [0.29, 0.717) is 42.7 Å². The van der Waals surface area contributed by atoms with Crippen LogP contribution in [0.4, 0.5) is 4.39 Å². The van der Waals surface area contributed by atoms with Gasteiger partial charge in [-0.1, -0.05) is 38.1 Å². The van der Waals surface area contributed by atoms with Crippen molar-refractivity contribution in [2.75, 3.05) is 26.0 Å². The Morgan fingerprint density at radius 1 is 1.12 bits per heavy atom. The summed E-state index contributed by atoms with van der Waals surface area (Å²) in [5.74, 6) is 1.22. The van der Waals surface area contributed by atoms with Gasteiger partial charge in [0.2, 0.25) is 0 Å². The minimum atomic E-state index is -3.23. The molecule has 178 valence electrons. The summed E-state index contributed by atoms with van der Waals surface area (Å²) in [6, 6.07) is 12.1. The molecule has 0 aliphatic rings. The van der Waals surface area contributed by atoms with E-state index in [-0.39, 0.29) is 36.3 Å². The number of sulfone groups is 1. The largest absolute Gasteiger partial charge is 0.491 e. The van der Waals surface area contributed by atoms with Gasteiger partial charge in [-0.25, -0.2) is 17.8 Å². The van der Waals surface area contributed by atoms with Gasteiger partial charge in [-0.15, -0.1) is 24.0 Å². The number of nitrogens with zero attached hydrogens (tertiary/aromatic N) is 1. The highest BCUT2D eigenvalue weighted by Gasteiger charge is 2.11. The monoisotopic (exact) mass is 577 g/mol. The number of ether oxygens (including phenoxy) is 1. The lowest BCUT2D eigenvalue weighted by molar-refractivity contribution is 0.317. The van der Waals surface area contributed by atoms with Gasteiger partial charge in [0.05, 0.1) is 18.8 Å². The van der Waals surface area contributed by atoms with Gasteiger partial charge in [0.1, 0.15) is 18.2 Å². The highest BCUT2D eigenvalue weighted by molar-refractivity contribution is 14.0. The van der Waals surface area contributed by atoms with Crippen molar-refractivity contribution >= 4 is 39.8 Å². The SMILES string of the molecule is CCNC(=NCc1cc(F)ccc1CS(C)(=O)=O)NCCOc1ccccc1C(C)C.I. The van der Waals surface area contributed by atoms with Gasteiger partial charge in [0.15, 0.2) is 15.8 Å². The first-order valence-electron chi connectivity index (χ1n) is 10.4. The zero-order valence-electron chi connectivity index (χ0n) is 19.0. The third-order valence-electron chi connectivity index (χ3n) is 4.53. The zero-order chi connectivity index (χ0) is 22.9.